The van der Waals surface area contributed by atoms with E-state index >= 15 is 0 Å². The second kappa shape index (κ2) is 8.55. The third-order valence-corrected chi connectivity index (χ3v) is 2.97. The molecule has 0 fully saturated rings. The largest absolute Gasteiger partial charge is 0.459 e. The molecule has 0 saturated carbocycles. The third kappa shape index (κ3) is 5.12. The molecule has 0 bridgehead atoms. The zero-order valence-corrected chi connectivity index (χ0v) is 12.5. The van der Waals surface area contributed by atoms with Gasteiger partial charge in [-0.2, -0.15) is 0 Å². The van der Waals surface area contributed by atoms with Gasteiger partial charge in [-0.25, -0.2) is 0 Å². The number of carbonyl (C=O) groups excluding carboxylic acids is 2. The number of nitrogens with one attached hydrogen (secondary N) is 2. The number of rotatable bonds is 7. The average molecular weight is 314 g/mol. The van der Waals surface area contributed by atoms with Gasteiger partial charge in [-0.05, 0) is 30.2 Å². The summed E-state index contributed by atoms with van der Waals surface area (Å²) < 4.78 is 5.02. The Hall–Kier alpha value is -2.86. The van der Waals surface area contributed by atoms with E-state index in [1.807, 2.05) is 30.3 Å². The van der Waals surface area contributed by atoms with Crippen LogP contribution in [0.15, 0.2) is 58.8 Å². The highest BCUT2D eigenvalue weighted by Crippen LogP contribution is 2.07. The fourth-order valence-corrected chi connectivity index (χ4v) is 1.84. The number of aliphatic hydroxyl groups is 1. The first kappa shape index (κ1) is 16.5. The van der Waals surface area contributed by atoms with Gasteiger partial charge in [0.05, 0.1) is 6.26 Å². The van der Waals surface area contributed by atoms with Gasteiger partial charge in [0.15, 0.2) is 5.76 Å². The summed E-state index contributed by atoms with van der Waals surface area (Å²) in [4.78, 5) is 24.3. The molecule has 6 nitrogen and oxygen atoms in total. The van der Waals surface area contributed by atoms with E-state index < -0.39 is 11.8 Å². The molecule has 1 heterocycles. The standard InChI is InChI=1S/C17H18N2O4/c20-10-5-9-18-16(21)14(12-13-6-2-1-3-7-13)19-17(22)15-8-4-11-23-15/h1-4,6-8,11-12,20H,5,9-10H2,(H,18,21)(H,19,22)/b14-12+. The maximum absolute atomic E-state index is 12.2. The molecule has 3 N–H and O–H groups in total. The van der Waals surface area contributed by atoms with Crippen LogP contribution in [0.4, 0.5) is 0 Å². The number of amides is 2. The summed E-state index contributed by atoms with van der Waals surface area (Å²) in [6, 6.07) is 12.3. The van der Waals surface area contributed by atoms with Crippen LogP contribution in [0.2, 0.25) is 0 Å². The molecule has 0 aliphatic rings. The van der Waals surface area contributed by atoms with Gasteiger partial charge in [0.25, 0.3) is 11.8 Å². The van der Waals surface area contributed by atoms with Gasteiger partial charge >= 0.3 is 0 Å². The van der Waals surface area contributed by atoms with E-state index in [1.54, 1.807) is 12.1 Å². The molecule has 0 atom stereocenters. The molecule has 0 saturated heterocycles. The lowest BCUT2D eigenvalue weighted by Crippen LogP contribution is -2.35. The van der Waals surface area contributed by atoms with Gasteiger partial charge in [0.1, 0.15) is 5.70 Å². The van der Waals surface area contributed by atoms with E-state index in [0.717, 1.165) is 5.56 Å². The number of aliphatic hydroxyl groups excluding tert-OH is 1. The monoisotopic (exact) mass is 314 g/mol. The fourth-order valence-electron chi connectivity index (χ4n) is 1.84. The van der Waals surface area contributed by atoms with Gasteiger partial charge < -0.3 is 20.2 Å². The van der Waals surface area contributed by atoms with Crippen molar-refractivity contribution in [3.05, 3.63) is 65.7 Å². The van der Waals surface area contributed by atoms with Crippen molar-refractivity contribution in [2.45, 2.75) is 6.42 Å². The van der Waals surface area contributed by atoms with Gasteiger partial charge in [-0.15, -0.1) is 0 Å². The van der Waals surface area contributed by atoms with Crippen LogP contribution in [0.3, 0.4) is 0 Å². The molecule has 0 aliphatic heterocycles. The van der Waals surface area contributed by atoms with E-state index in [-0.39, 0.29) is 18.1 Å². The molecule has 2 aromatic rings. The second-order valence-corrected chi connectivity index (χ2v) is 4.73. The van der Waals surface area contributed by atoms with Crippen molar-refractivity contribution in [3.8, 4) is 0 Å². The summed E-state index contributed by atoms with van der Waals surface area (Å²) in [6.07, 6.45) is 3.41. The van der Waals surface area contributed by atoms with Crippen LogP contribution >= 0.6 is 0 Å². The molecule has 23 heavy (non-hydrogen) atoms. The molecule has 0 aliphatic carbocycles. The topological polar surface area (TPSA) is 91.6 Å². The Morgan fingerprint density at radius 2 is 1.91 bits per heavy atom. The quantitative estimate of drug-likeness (QED) is 0.534. The Balaban J connectivity index is 2.15. The molecule has 6 heteroatoms. The van der Waals surface area contributed by atoms with Gasteiger partial charge in [-0.3, -0.25) is 9.59 Å². The van der Waals surface area contributed by atoms with Crippen LogP contribution in [0, 0.1) is 0 Å². The van der Waals surface area contributed by atoms with Crippen molar-refractivity contribution in [2.75, 3.05) is 13.2 Å². The predicted octanol–water partition coefficient (Wildman–Crippen LogP) is 1.55. The first-order chi connectivity index (χ1) is 11.2. The molecule has 0 radical (unpaired) electrons. The van der Waals surface area contributed by atoms with Crippen molar-refractivity contribution in [1.82, 2.24) is 10.6 Å². The molecule has 0 spiro atoms. The number of benzene rings is 1. The lowest BCUT2D eigenvalue weighted by atomic mass is 10.2. The maximum atomic E-state index is 12.2. The van der Waals surface area contributed by atoms with Crippen LogP contribution < -0.4 is 10.6 Å². The van der Waals surface area contributed by atoms with Crippen LogP contribution in [0.1, 0.15) is 22.5 Å². The van der Waals surface area contributed by atoms with Crippen molar-refractivity contribution in [2.24, 2.45) is 0 Å². The van der Waals surface area contributed by atoms with E-state index in [2.05, 4.69) is 10.6 Å². The summed E-state index contributed by atoms with van der Waals surface area (Å²) in [5.74, 6) is -0.816. The molecule has 120 valence electrons. The number of furan rings is 1. The van der Waals surface area contributed by atoms with Gasteiger partial charge in [0, 0.05) is 13.2 Å². The van der Waals surface area contributed by atoms with Crippen molar-refractivity contribution in [3.63, 3.8) is 0 Å². The molecular formula is C17H18N2O4. The first-order valence-electron chi connectivity index (χ1n) is 7.21. The second-order valence-electron chi connectivity index (χ2n) is 4.73. The minimum atomic E-state index is -0.505. The fraction of sp³-hybridized carbons (Fsp3) is 0.176. The van der Waals surface area contributed by atoms with E-state index in [9.17, 15) is 9.59 Å². The molecule has 1 aromatic heterocycles. The number of carbonyl (C=O) groups is 2. The zero-order chi connectivity index (χ0) is 16.5. The Labute approximate surface area is 133 Å². The lowest BCUT2D eigenvalue weighted by Gasteiger charge is -2.10. The number of hydrogen-bond acceptors (Lipinski definition) is 4. The first-order valence-corrected chi connectivity index (χ1v) is 7.21. The van der Waals surface area contributed by atoms with Crippen LogP contribution in [-0.2, 0) is 4.79 Å². The van der Waals surface area contributed by atoms with Crippen LogP contribution in [0.5, 0.6) is 0 Å². The van der Waals surface area contributed by atoms with Gasteiger partial charge in [-0.1, -0.05) is 30.3 Å². The van der Waals surface area contributed by atoms with E-state index in [0.29, 0.717) is 13.0 Å². The minimum absolute atomic E-state index is 0.0171. The zero-order valence-electron chi connectivity index (χ0n) is 12.5. The van der Waals surface area contributed by atoms with E-state index in [4.69, 9.17) is 9.52 Å². The maximum Gasteiger partial charge on any atom is 0.291 e. The highest BCUT2D eigenvalue weighted by Gasteiger charge is 2.15. The number of hydrogen-bond donors (Lipinski definition) is 3. The predicted molar refractivity (Wildman–Crippen MR) is 85.3 cm³/mol. The molecule has 0 unspecified atom stereocenters. The summed E-state index contributed by atoms with van der Waals surface area (Å²) in [6.45, 7) is 0.300. The van der Waals surface area contributed by atoms with Crippen LogP contribution in [-0.4, -0.2) is 30.1 Å². The highest BCUT2D eigenvalue weighted by molar-refractivity contribution is 6.04. The normalized spacial score (nSPS) is 11.1. The Morgan fingerprint density at radius 3 is 2.57 bits per heavy atom. The van der Waals surface area contributed by atoms with E-state index in [1.165, 1.54) is 12.3 Å². The van der Waals surface area contributed by atoms with Gasteiger partial charge in [0.2, 0.25) is 0 Å². The van der Waals surface area contributed by atoms with Crippen LogP contribution in [0.25, 0.3) is 6.08 Å². The molecule has 1 aromatic carbocycles. The summed E-state index contributed by atoms with van der Waals surface area (Å²) in [5, 5.41) is 14.0. The SMILES string of the molecule is O=C(NCCCO)/C(=C\c1ccccc1)NC(=O)c1ccco1. The molecular weight excluding hydrogens is 296 g/mol. The third-order valence-electron chi connectivity index (χ3n) is 2.97. The van der Waals surface area contributed by atoms with Crippen molar-refractivity contribution < 1.29 is 19.1 Å². The Morgan fingerprint density at radius 1 is 1.13 bits per heavy atom. The smallest absolute Gasteiger partial charge is 0.291 e. The van der Waals surface area contributed by atoms with Crippen molar-refractivity contribution in [1.29, 1.82) is 0 Å². The lowest BCUT2D eigenvalue weighted by molar-refractivity contribution is -0.117. The summed E-state index contributed by atoms with van der Waals surface area (Å²) in [5.41, 5.74) is 0.884. The molecule has 2 amide bonds. The Bertz CT molecular complexity index is 663. The summed E-state index contributed by atoms with van der Waals surface area (Å²) >= 11 is 0. The Kier molecular flexibility index (Phi) is 6.14. The van der Waals surface area contributed by atoms with Crippen molar-refractivity contribution >= 4 is 17.9 Å². The molecule has 2 rings (SSSR count). The highest BCUT2D eigenvalue weighted by atomic mass is 16.3. The average Bonchev–Trinajstić information content (AvgIpc) is 3.10. The summed E-state index contributed by atoms with van der Waals surface area (Å²) in [7, 11) is 0. The minimum Gasteiger partial charge on any atom is -0.459 e.